The summed E-state index contributed by atoms with van der Waals surface area (Å²) >= 11 is 1.59. The molecule has 0 spiro atoms. The average Bonchev–Trinajstić information content (AvgIpc) is 2.48. The molecular formula is C16H15N3OS. The number of aromatic nitrogens is 2. The van der Waals surface area contributed by atoms with E-state index in [4.69, 9.17) is 5.73 Å². The molecule has 0 bridgehead atoms. The quantitative estimate of drug-likeness (QED) is 0.596. The molecule has 106 valence electrons. The predicted octanol–water partition coefficient (Wildman–Crippen LogP) is 2.88. The highest BCUT2D eigenvalue weighted by Crippen LogP contribution is 2.27. The monoisotopic (exact) mass is 297 g/mol. The number of nitrogens with two attached hydrogens (primary N) is 1. The van der Waals surface area contributed by atoms with Gasteiger partial charge >= 0.3 is 0 Å². The van der Waals surface area contributed by atoms with Crippen LogP contribution in [-0.2, 0) is 5.75 Å². The van der Waals surface area contributed by atoms with Crippen molar-refractivity contribution in [2.45, 2.75) is 17.6 Å². The highest BCUT2D eigenvalue weighted by molar-refractivity contribution is 7.98. The zero-order valence-corrected chi connectivity index (χ0v) is 12.4. The highest BCUT2D eigenvalue weighted by atomic mass is 32.2. The van der Waals surface area contributed by atoms with E-state index >= 15 is 0 Å². The van der Waals surface area contributed by atoms with E-state index in [0.29, 0.717) is 11.4 Å². The third-order valence-corrected chi connectivity index (χ3v) is 4.36. The largest absolute Gasteiger partial charge is 0.398 e. The Morgan fingerprint density at radius 1 is 1.24 bits per heavy atom. The molecule has 0 fully saturated rings. The normalized spacial score (nSPS) is 10.9. The first kappa shape index (κ1) is 13.7. The van der Waals surface area contributed by atoms with Crippen molar-refractivity contribution in [3.8, 4) is 0 Å². The summed E-state index contributed by atoms with van der Waals surface area (Å²) in [5.41, 5.74) is 9.08. The van der Waals surface area contributed by atoms with Gasteiger partial charge in [0.05, 0.1) is 5.69 Å². The fourth-order valence-corrected chi connectivity index (χ4v) is 3.01. The number of anilines is 1. The SMILES string of the molecule is Cc1cccn2c(=O)cc(CSc3ccccc3N)nc12. The van der Waals surface area contributed by atoms with Crippen molar-refractivity contribution in [1.29, 1.82) is 0 Å². The van der Waals surface area contributed by atoms with Gasteiger partial charge in [-0.3, -0.25) is 9.20 Å². The Hall–Kier alpha value is -2.27. The van der Waals surface area contributed by atoms with Crippen molar-refractivity contribution in [2.24, 2.45) is 0 Å². The molecule has 0 aliphatic heterocycles. The van der Waals surface area contributed by atoms with Gasteiger partial charge in [0.1, 0.15) is 5.65 Å². The van der Waals surface area contributed by atoms with E-state index in [1.165, 1.54) is 0 Å². The molecule has 0 saturated heterocycles. The molecule has 0 amide bonds. The molecule has 0 atom stereocenters. The third-order valence-electron chi connectivity index (χ3n) is 3.23. The first-order valence-corrected chi connectivity index (χ1v) is 7.59. The Kier molecular flexibility index (Phi) is 3.66. The number of aryl methyl sites for hydroxylation is 1. The zero-order chi connectivity index (χ0) is 14.8. The van der Waals surface area contributed by atoms with Crippen LogP contribution >= 0.6 is 11.8 Å². The van der Waals surface area contributed by atoms with E-state index < -0.39 is 0 Å². The second-order valence-corrected chi connectivity index (χ2v) is 5.81. The van der Waals surface area contributed by atoms with Gasteiger partial charge in [0.25, 0.3) is 5.56 Å². The van der Waals surface area contributed by atoms with Crippen molar-refractivity contribution in [1.82, 2.24) is 9.38 Å². The first-order chi connectivity index (χ1) is 10.1. The lowest BCUT2D eigenvalue weighted by Gasteiger charge is -2.07. The summed E-state index contributed by atoms with van der Waals surface area (Å²) in [5, 5.41) is 0. The minimum Gasteiger partial charge on any atom is -0.398 e. The Labute approximate surface area is 126 Å². The van der Waals surface area contributed by atoms with Crippen molar-refractivity contribution in [3.63, 3.8) is 0 Å². The first-order valence-electron chi connectivity index (χ1n) is 6.60. The lowest BCUT2D eigenvalue weighted by Crippen LogP contribution is -2.15. The topological polar surface area (TPSA) is 60.4 Å². The molecule has 21 heavy (non-hydrogen) atoms. The van der Waals surface area contributed by atoms with Crippen LogP contribution in [0.3, 0.4) is 0 Å². The number of benzene rings is 1. The fraction of sp³-hybridized carbons (Fsp3) is 0.125. The predicted molar refractivity (Wildman–Crippen MR) is 86.6 cm³/mol. The molecule has 3 aromatic rings. The Morgan fingerprint density at radius 2 is 2.05 bits per heavy atom. The minimum absolute atomic E-state index is 0.0552. The molecule has 4 nitrogen and oxygen atoms in total. The van der Waals surface area contributed by atoms with Crippen LogP contribution in [0.1, 0.15) is 11.3 Å². The summed E-state index contributed by atoms with van der Waals surface area (Å²) in [6, 6.07) is 13.1. The van der Waals surface area contributed by atoms with E-state index in [2.05, 4.69) is 4.98 Å². The Balaban J connectivity index is 1.93. The third kappa shape index (κ3) is 2.78. The maximum absolute atomic E-state index is 12.1. The standard InChI is InChI=1S/C16H15N3OS/c1-11-5-4-8-19-15(20)9-12(18-16(11)19)10-21-14-7-3-2-6-13(14)17/h2-9H,10,17H2,1H3. The molecule has 2 heterocycles. The number of thioether (sulfide) groups is 1. The summed E-state index contributed by atoms with van der Waals surface area (Å²) in [7, 11) is 0. The van der Waals surface area contributed by atoms with Crippen LogP contribution in [0.15, 0.2) is 58.4 Å². The van der Waals surface area contributed by atoms with Crippen LogP contribution < -0.4 is 11.3 Å². The van der Waals surface area contributed by atoms with Gasteiger partial charge in [0.15, 0.2) is 0 Å². The van der Waals surface area contributed by atoms with Crippen molar-refractivity contribution in [3.05, 3.63) is 70.3 Å². The van der Waals surface area contributed by atoms with Gasteiger partial charge in [0, 0.05) is 28.6 Å². The summed E-state index contributed by atoms with van der Waals surface area (Å²) in [4.78, 5) is 17.7. The second-order valence-electron chi connectivity index (χ2n) is 4.80. The number of para-hydroxylation sites is 1. The van der Waals surface area contributed by atoms with E-state index in [-0.39, 0.29) is 5.56 Å². The fourth-order valence-electron chi connectivity index (χ4n) is 2.15. The van der Waals surface area contributed by atoms with Crippen molar-refractivity contribution < 1.29 is 0 Å². The van der Waals surface area contributed by atoms with Crippen molar-refractivity contribution >= 4 is 23.1 Å². The molecule has 1 aromatic carbocycles. The van der Waals surface area contributed by atoms with Gasteiger partial charge < -0.3 is 5.73 Å². The molecule has 0 saturated carbocycles. The van der Waals surface area contributed by atoms with Gasteiger partial charge in [-0.25, -0.2) is 4.98 Å². The Morgan fingerprint density at radius 3 is 2.86 bits per heavy atom. The molecule has 0 aliphatic carbocycles. The summed E-state index contributed by atoms with van der Waals surface area (Å²) < 4.78 is 1.57. The highest BCUT2D eigenvalue weighted by Gasteiger charge is 2.06. The van der Waals surface area contributed by atoms with E-state index in [1.807, 2.05) is 43.3 Å². The molecule has 0 unspecified atom stereocenters. The molecule has 5 heteroatoms. The lowest BCUT2D eigenvalue weighted by atomic mass is 10.3. The molecule has 2 N–H and O–H groups in total. The summed E-state index contributed by atoms with van der Waals surface area (Å²) in [6.45, 7) is 1.95. The van der Waals surface area contributed by atoms with Crippen LogP contribution in [0.2, 0.25) is 0 Å². The maximum atomic E-state index is 12.1. The van der Waals surface area contributed by atoms with Crippen LogP contribution in [0.5, 0.6) is 0 Å². The number of nitrogen functional groups attached to an aromatic ring is 1. The number of hydrogen-bond acceptors (Lipinski definition) is 4. The van der Waals surface area contributed by atoms with E-state index in [0.717, 1.165) is 21.8 Å². The Bertz CT molecular complexity index is 858. The number of rotatable bonds is 3. The molecule has 3 rings (SSSR count). The van der Waals surface area contributed by atoms with Gasteiger partial charge in [-0.2, -0.15) is 0 Å². The van der Waals surface area contributed by atoms with Crippen LogP contribution in [0.25, 0.3) is 5.65 Å². The van der Waals surface area contributed by atoms with E-state index in [1.54, 1.807) is 28.4 Å². The van der Waals surface area contributed by atoms with Gasteiger partial charge in [-0.1, -0.05) is 18.2 Å². The smallest absolute Gasteiger partial charge is 0.258 e. The number of nitrogens with zero attached hydrogens (tertiary/aromatic N) is 2. The van der Waals surface area contributed by atoms with Crippen molar-refractivity contribution in [2.75, 3.05) is 5.73 Å². The number of pyridine rings is 1. The maximum Gasteiger partial charge on any atom is 0.258 e. The molecule has 2 aromatic heterocycles. The molecular weight excluding hydrogens is 282 g/mol. The van der Waals surface area contributed by atoms with Crippen LogP contribution in [0.4, 0.5) is 5.69 Å². The molecule has 0 radical (unpaired) electrons. The lowest BCUT2D eigenvalue weighted by molar-refractivity contribution is 1.00. The average molecular weight is 297 g/mol. The van der Waals surface area contributed by atoms with Gasteiger partial charge in [0.2, 0.25) is 0 Å². The number of hydrogen-bond donors (Lipinski definition) is 1. The summed E-state index contributed by atoms with van der Waals surface area (Å²) in [6.07, 6.45) is 1.74. The molecule has 0 aliphatic rings. The zero-order valence-electron chi connectivity index (χ0n) is 11.6. The second kappa shape index (κ2) is 5.61. The van der Waals surface area contributed by atoms with Gasteiger partial charge in [-0.15, -0.1) is 11.8 Å². The number of fused-ring (bicyclic) bond motifs is 1. The van der Waals surface area contributed by atoms with Crippen LogP contribution in [0, 0.1) is 6.92 Å². The van der Waals surface area contributed by atoms with Gasteiger partial charge in [-0.05, 0) is 30.7 Å². The minimum atomic E-state index is -0.0552. The van der Waals surface area contributed by atoms with E-state index in [9.17, 15) is 4.79 Å². The van der Waals surface area contributed by atoms with Crippen LogP contribution in [-0.4, -0.2) is 9.38 Å². The summed E-state index contributed by atoms with van der Waals surface area (Å²) in [5.74, 6) is 0.619.